The number of hydrogen-bond acceptors (Lipinski definition) is 3. The Kier molecular flexibility index (Phi) is 4.58. The summed E-state index contributed by atoms with van der Waals surface area (Å²) < 4.78 is 5.25. The molecule has 80 valence electrons. The van der Waals surface area contributed by atoms with Gasteiger partial charge in [-0.05, 0) is 42.7 Å². The Bertz CT molecular complexity index is 272. The second-order valence-corrected chi connectivity index (χ2v) is 4.43. The van der Waals surface area contributed by atoms with Crippen LogP contribution in [0.15, 0.2) is 10.8 Å². The Morgan fingerprint density at radius 2 is 2.14 bits per heavy atom. The summed E-state index contributed by atoms with van der Waals surface area (Å²) in [7, 11) is 1.75. The molecule has 0 saturated heterocycles. The molecule has 1 heterocycles. The van der Waals surface area contributed by atoms with Crippen LogP contribution in [0.5, 0.6) is 0 Å². The first kappa shape index (κ1) is 11.7. The number of nitrogens with one attached hydrogen (secondary N) is 1. The second kappa shape index (κ2) is 5.49. The highest BCUT2D eigenvalue weighted by Gasteiger charge is 2.10. The molecule has 0 aliphatic rings. The molecule has 0 fully saturated rings. The van der Waals surface area contributed by atoms with Crippen LogP contribution in [0.25, 0.3) is 0 Å². The molecule has 0 aliphatic carbocycles. The highest BCUT2D eigenvalue weighted by molar-refractivity contribution is 7.08. The van der Waals surface area contributed by atoms with Gasteiger partial charge >= 0.3 is 0 Å². The average molecular weight is 213 g/mol. The van der Waals surface area contributed by atoms with Crippen molar-refractivity contribution in [3.05, 3.63) is 21.9 Å². The van der Waals surface area contributed by atoms with Gasteiger partial charge in [-0.25, -0.2) is 0 Å². The highest BCUT2D eigenvalue weighted by atomic mass is 32.1. The Morgan fingerprint density at radius 3 is 2.64 bits per heavy atom. The van der Waals surface area contributed by atoms with Crippen molar-refractivity contribution in [2.75, 3.05) is 7.11 Å². The van der Waals surface area contributed by atoms with Crippen molar-refractivity contribution < 1.29 is 4.74 Å². The molecule has 3 heteroatoms. The van der Waals surface area contributed by atoms with Gasteiger partial charge in [0.2, 0.25) is 0 Å². The Balaban J connectivity index is 2.37. The number of hydrogen-bond donors (Lipinski definition) is 1. The molecule has 0 bridgehead atoms. The zero-order chi connectivity index (χ0) is 10.6. The molecule has 1 N–H and O–H groups in total. The highest BCUT2D eigenvalue weighted by Crippen LogP contribution is 2.13. The van der Waals surface area contributed by atoms with Gasteiger partial charge in [-0.1, -0.05) is 0 Å². The zero-order valence-electron chi connectivity index (χ0n) is 9.33. The minimum atomic E-state index is 0.258. The van der Waals surface area contributed by atoms with Gasteiger partial charge in [-0.2, -0.15) is 11.3 Å². The summed E-state index contributed by atoms with van der Waals surface area (Å²) in [6, 6.07) is 0.388. The summed E-state index contributed by atoms with van der Waals surface area (Å²) in [5, 5.41) is 7.84. The largest absolute Gasteiger partial charge is 0.380 e. The molecular weight excluding hydrogens is 194 g/mol. The van der Waals surface area contributed by atoms with Crippen LogP contribution in [0.1, 0.15) is 25.0 Å². The lowest BCUT2D eigenvalue weighted by atomic mass is 10.2. The number of aryl methyl sites for hydroxylation is 1. The number of methoxy groups -OCH3 is 1. The summed E-state index contributed by atoms with van der Waals surface area (Å²) >= 11 is 1.76. The molecule has 0 spiro atoms. The molecule has 0 amide bonds. The fourth-order valence-corrected chi connectivity index (χ4v) is 2.07. The van der Waals surface area contributed by atoms with Crippen LogP contribution in [0.3, 0.4) is 0 Å². The van der Waals surface area contributed by atoms with E-state index in [4.69, 9.17) is 4.74 Å². The molecule has 2 unspecified atom stereocenters. The number of rotatable bonds is 5. The molecule has 1 aromatic rings. The summed E-state index contributed by atoms with van der Waals surface area (Å²) in [4.78, 5) is 0. The van der Waals surface area contributed by atoms with Crippen molar-refractivity contribution in [1.29, 1.82) is 0 Å². The van der Waals surface area contributed by atoms with Crippen LogP contribution in [-0.2, 0) is 11.3 Å². The van der Waals surface area contributed by atoms with E-state index in [0.29, 0.717) is 6.04 Å². The van der Waals surface area contributed by atoms with Crippen molar-refractivity contribution >= 4 is 11.3 Å². The van der Waals surface area contributed by atoms with Gasteiger partial charge in [0.05, 0.1) is 6.10 Å². The van der Waals surface area contributed by atoms with Gasteiger partial charge in [-0.3, -0.25) is 0 Å². The van der Waals surface area contributed by atoms with E-state index >= 15 is 0 Å². The monoisotopic (exact) mass is 213 g/mol. The minimum Gasteiger partial charge on any atom is -0.380 e. The third-order valence-corrected chi connectivity index (χ3v) is 3.56. The third-order valence-electron chi connectivity index (χ3n) is 2.65. The Hall–Kier alpha value is -0.380. The van der Waals surface area contributed by atoms with E-state index in [0.717, 1.165) is 6.54 Å². The van der Waals surface area contributed by atoms with E-state index in [1.54, 1.807) is 18.4 Å². The lowest BCUT2D eigenvalue weighted by Crippen LogP contribution is -2.36. The molecule has 2 nitrogen and oxygen atoms in total. The minimum absolute atomic E-state index is 0.258. The standard InChI is InChI=1S/C11H19NOS/c1-8-6-14-7-11(8)5-12-9(2)10(3)13-4/h6-7,9-10,12H,5H2,1-4H3. The topological polar surface area (TPSA) is 21.3 Å². The van der Waals surface area contributed by atoms with Crippen molar-refractivity contribution in [2.24, 2.45) is 0 Å². The first-order valence-electron chi connectivity index (χ1n) is 4.93. The van der Waals surface area contributed by atoms with Gasteiger partial charge in [-0.15, -0.1) is 0 Å². The molecule has 0 saturated carbocycles. The van der Waals surface area contributed by atoms with Gasteiger partial charge < -0.3 is 10.1 Å². The van der Waals surface area contributed by atoms with Crippen LogP contribution < -0.4 is 5.32 Å². The predicted molar refractivity (Wildman–Crippen MR) is 61.8 cm³/mol. The van der Waals surface area contributed by atoms with E-state index in [1.807, 2.05) is 0 Å². The Labute approximate surface area is 90.3 Å². The molecule has 1 rings (SSSR count). The first-order valence-corrected chi connectivity index (χ1v) is 5.87. The van der Waals surface area contributed by atoms with Gasteiger partial charge in [0.15, 0.2) is 0 Å². The summed E-state index contributed by atoms with van der Waals surface area (Å²) in [5.41, 5.74) is 2.77. The normalized spacial score (nSPS) is 15.4. The van der Waals surface area contributed by atoms with Crippen LogP contribution in [0.2, 0.25) is 0 Å². The van der Waals surface area contributed by atoms with Crippen LogP contribution >= 0.6 is 11.3 Å². The van der Waals surface area contributed by atoms with E-state index in [1.165, 1.54) is 11.1 Å². The van der Waals surface area contributed by atoms with Crippen LogP contribution in [-0.4, -0.2) is 19.3 Å². The summed E-state index contributed by atoms with van der Waals surface area (Å²) in [6.07, 6.45) is 0.258. The number of thiophene rings is 1. The summed E-state index contributed by atoms with van der Waals surface area (Å²) in [6.45, 7) is 7.32. The fourth-order valence-electron chi connectivity index (χ4n) is 1.21. The average Bonchev–Trinajstić information content (AvgIpc) is 2.59. The maximum atomic E-state index is 5.25. The molecule has 0 aliphatic heterocycles. The zero-order valence-corrected chi connectivity index (χ0v) is 10.1. The molecule has 1 aromatic heterocycles. The van der Waals surface area contributed by atoms with Gasteiger partial charge in [0.25, 0.3) is 0 Å². The smallest absolute Gasteiger partial charge is 0.0693 e. The van der Waals surface area contributed by atoms with Crippen molar-refractivity contribution in [1.82, 2.24) is 5.32 Å². The van der Waals surface area contributed by atoms with Crippen LogP contribution in [0, 0.1) is 6.92 Å². The lowest BCUT2D eigenvalue weighted by molar-refractivity contribution is 0.0882. The molecule has 0 radical (unpaired) electrons. The maximum Gasteiger partial charge on any atom is 0.0693 e. The van der Waals surface area contributed by atoms with Gasteiger partial charge in [0, 0.05) is 19.7 Å². The van der Waals surface area contributed by atoms with Crippen molar-refractivity contribution in [3.63, 3.8) is 0 Å². The fraction of sp³-hybridized carbons (Fsp3) is 0.636. The van der Waals surface area contributed by atoms with Crippen LogP contribution in [0.4, 0.5) is 0 Å². The van der Waals surface area contributed by atoms with Crippen molar-refractivity contribution in [2.45, 2.75) is 39.5 Å². The van der Waals surface area contributed by atoms with E-state index in [2.05, 4.69) is 36.8 Å². The molecular formula is C11H19NOS. The van der Waals surface area contributed by atoms with E-state index in [9.17, 15) is 0 Å². The second-order valence-electron chi connectivity index (χ2n) is 3.69. The lowest BCUT2D eigenvalue weighted by Gasteiger charge is -2.19. The Morgan fingerprint density at radius 1 is 1.43 bits per heavy atom. The summed E-state index contributed by atoms with van der Waals surface area (Å²) in [5.74, 6) is 0. The first-order chi connectivity index (χ1) is 6.65. The SMILES string of the molecule is COC(C)C(C)NCc1cscc1C. The van der Waals surface area contributed by atoms with Crippen molar-refractivity contribution in [3.8, 4) is 0 Å². The quantitative estimate of drug-likeness (QED) is 0.811. The van der Waals surface area contributed by atoms with E-state index in [-0.39, 0.29) is 6.10 Å². The maximum absolute atomic E-state index is 5.25. The number of ether oxygens (including phenoxy) is 1. The third kappa shape index (κ3) is 3.08. The molecule has 0 aromatic carbocycles. The molecule has 2 atom stereocenters. The van der Waals surface area contributed by atoms with E-state index < -0.39 is 0 Å². The van der Waals surface area contributed by atoms with Gasteiger partial charge in [0.1, 0.15) is 0 Å². The predicted octanol–water partition coefficient (Wildman–Crippen LogP) is 2.57. The molecule has 14 heavy (non-hydrogen) atoms.